The highest BCUT2D eigenvalue weighted by Gasteiger charge is 2.35. The molecule has 17 heteroatoms. The van der Waals surface area contributed by atoms with Crippen LogP contribution >= 0.6 is 58.3 Å². The molecule has 63 heavy (non-hydrogen) atoms. The van der Waals surface area contributed by atoms with E-state index in [1.54, 1.807) is 70.8 Å². The average Bonchev–Trinajstić information content (AvgIpc) is 3.88. The minimum absolute atomic E-state index is 0. The number of carboxylic acid groups (broad SMARTS) is 1. The summed E-state index contributed by atoms with van der Waals surface area (Å²) in [5.74, 6) is -0.479. The number of anilines is 2. The first-order chi connectivity index (χ1) is 30.0. The molecule has 2 atom stereocenters. The second kappa shape index (κ2) is 18.5. The number of carbonyl (C=O) groups is 2. The number of halogens is 5. The van der Waals surface area contributed by atoms with Crippen molar-refractivity contribution < 1.29 is 23.5 Å². The van der Waals surface area contributed by atoms with Gasteiger partial charge in [-0.3, -0.25) is 4.79 Å². The molecule has 0 aliphatic carbocycles. The zero-order valence-corrected chi connectivity index (χ0v) is 37.0. The molecular weight excluding hydrogens is 907 g/mol. The second-order valence-corrected chi connectivity index (χ2v) is 17.7. The number of carboxylic acids is 1. The number of rotatable bonds is 10. The van der Waals surface area contributed by atoms with Gasteiger partial charge in [-0.25, -0.2) is 33.5 Å². The summed E-state index contributed by atoms with van der Waals surface area (Å²) < 4.78 is 33.1. The fourth-order valence-corrected chi connectivity index (χ4v) is 9.71. The van der Waals surface area contributed by atoms with E-state index in [1.807, 2.05) is 47.4 Å². The Labute approximate surface area is 384 Å². The summed E-state index contributed by atoms with van der Waals surface area (Å²) in [6.07, 6.45) is 5.52. The van der Waals surface area contributed by atoms with Crippen molar-refractivity contribution >= 4 is 102 Å². The predicted molar refractivity (Wildman–Crippen MR) is 250 cm³/mol. The Morgan fingerprint density at radius 2 is 1.14 bits per heavy atom. The molecule has 6 heterocycles. The minimum atomic E-state index is -0.842. The molecule has 0 radical (unpaired) electrons. The molecule has 10 nitrogen and oxygen atoms in total. The highest BCUT2D eigenvalue weighted by atomic mass is 35.5. The lowest BCUT2D eigenvalue weighted by molar-refractivity contribution is -0.140. The van der Waals surface area contributed by atoms with Gasteiger partial charge >= 0.3 is 5.97 Å². The number of fused-ring (bicyclic) bond motifs is 2. The van der Waals surface area contributed by atoms with Gasteiger partial charge in [0.05, 0.1) is 31.5 Å². The standard InChI is InChI=1S/C23H18ClFN4OS.C23H17ClFN3O2S.ClH/c24-16-3-1-2-14(9-16)20-21(25)15(10-18-22(20)28-12-31-18)8-13-4-5-19(27-11-13)29-7-6-17(29)23(26)30;24-16-3-1-2-14(9-16)20-21(25)15(10-18-22(20)27-12-31-18)8-13-4-5-19(26-11-13)28-7-6-17(28)23(29)30;/h1-5,9-12,17H,6-8H2,(H2,26,30);1-5,9-12,17H,6-8H2,(H,29,30);1H/t17-;;/m1../s1. The SMILES string of the molecule is Cl.NC(=O)[C@H]1CCN1c1ccc(Cc2cc3scnc3c(-c3cccc(Cl)c3)c2F)cn1.O=C(O)C1CCN1c1ccc(Cc2cc3scnc3c(-c3cccc(Cl)c3)c2F)cn1. The molecule has 1 amide bonds. The molecule has 0 spiro atoms. The number of pyridine rings is 2. The number of nitrogens with zero attached hydrogens (tertiary/aromatic N) is 6. The summed E-state index contributed by atoms with van der Waals surface area (Å²) in [4.78, 5) is 44.0. The van der Waals surface area contributed by atoms with E-state index in [9.17, 15) is 14.7 Å². The van der Waals surface area contributed by atoms with E-state index in [-0.39, 0.29) is 36.0 Å². The van der Waals surface area contributed by atoms with Crippen LogP contribution in [0.4, 0.5) is 20.4 Å². The number of primary amides is 1. The van der Waals surface area contributed by atoms with E-state index in [4.69, 9.17) is 28.9 Å². The third kappa shape index (κ3) is 8.91. The van der Waals surface area contributed by atoms with Crippen LogP contribution in [0.2, 0.25) is 10.0 Å². The Bertz CT molecular complexity index is 2790. The molecule has 3 N–H and O–H groups in total. The maximum absolute atomic E-state index is 15.6. The first-order valence-electron chi connectivity index (χ1n) is 19.6. The van der Waals surface area contributed by atoms with Crippen molar-refractivity contribution in [2.75, 3.05) is 22.9 Å². The number of aromatic nitrogens is 4. The van der Waals surface area contributed by atoms with Crippen LogP contribution < -0.4 is 15.5 Å². The fraction of sp³-hybridized carbons (Fsp3) is 0.174. The van der Waals surface area contributed by atoms with Gasteiger partial charge in [0.1, 0.15) is 35.4 Å². The third-order valence-corrected chi connectivity index (χ3v) is 13.2. The average molecular weight is 943 g/mol. The predicted octanol–water partition coefficient (Wildman–Crippen LogP) is 10.6. The molecule has 2 fully saturated rings. The van der Waals surface area contributed by atoms with Gasteiger partial charge in [-0.2, -0.15) is 0 Å². The highest BCUT2D eigenvalue weighted by molar-refractivity contribution is 7.17. The fourth-order valence-electron chi connectivity index (χ4n) is 7.83. The van der Waals surface area contributed by atoms with Crippen LogP contribution in [0.25, 0.3) is 42.7 Å². The molecule has 2 aliphatic heterocycles. The minimum Gasteiger partial charge on any atom is -0.480 e. The van der Waals surface area contributed by atoms with Crippen molar-refractivity contribution in [2.45, 2.75) is 37.8 Å². The van der Waals surface area contributed by atoms with E-state index in [2.05, 4.69) is 19.9 Å². The molecule has 0 saturated carbocycles. The molecule has 10 rings (SSSR count). The number of nitrogens with two attached hydrogens (primary N) is 1. The monoisotopic (exact) mass is 941 g/mol. The highest BCUT2D eigenvalue weighted by Crippen LogP contribution is 2.38. The molecule has 8 aromatic rings. The molecule has 1 unspecified atom stereocenters. The van der Waals surface area contributed by atoms with E-state index in [0.29, 0.717) is 91.9 Å². The van der Waals surface area contributed by atoms with Crippen LogP contribution in [0.1, 0.15) is 35.1 Å². The summed E-state index contributed by atoms with van der Waals surface area (Å²) in [6, 6.07) is 24.6. The van der Waals surface area contributed by atoms with Crippen LogP contribution in [0.3, 0.4) is 0 Å². The van der Waals surface area contributed by atoms with E-state index in [1.165, 1.54) is 22.7 Å². The summed E-state index contributed by atoms with van der Waals surface area (Å²) >= 11 is 15.2. The summed E-state index contributed by atoms with van der Waals surface area (Å²) in [6.45, 7) is 1.42. The second-order valence-electron chi connectivity index (χ2n) is 15.0. The van der Waals surface area contributed by atoms with Crippen LogP contribution in [0.5, 0.6) is 0 Å². The zero-order chi connectivity index (χ0) is 43.1. The van der Waals surface area contributed by atoms with E-state index in [0.717, 1.165) is 33.5 Å². The Morgan fingerprint density at radius 3 is 1.51 bits per heavy atom. The van der Waals surface area contributed by atoms with Gasteiger partial charge < -0.3 is 20.6 Å². The number of amides is 1. The first kappa shape index (κ1) is 43.9. The maximum Gasteiger partial charge on any atom is 0.326 e. The van der Waals surface area contributed by atoms with Gasteiger partial charge in [0.2, 0.25) is 5.91 Å². The topological polar surface area (TPSA) is 138 Å². The number of hydrogen-bond donors (Lipinski definition) is 2. The van der Waals surface area contributed by atoms with Crippen molar-refractivity contribution in [2.24, 2.45) is 5.73 Å². The molecule has 4 aromatic heterocycles. The third-order valence-electron chi connectivity index (χ3n) is 11.2. The maximum atomic E-state index is 15.6. The summed E-state index contributed by atoms with van der Waals surface area (Å²) in [7, 11) is 0. The van der Waals surface area contributed by atoms with E-state index >= 15 is 8.78 Å². The number of benzene rings is 4. The number of aliphatic carboxylic acids is 1. The summed E-state index contributed by atoms with van der Waals surface area (Å²) in [5, 5.41) is 10.3. The molecule has 0 bridgehead atoms. The Kier molecular flexibility index (Phi) is 12.9. The van der Waals surface area contributed by atoms with Gasteiger partial charge in [-0.1, -0.05) is 59.6 Å². The van der Waals surface area contributed by atoms with Crippen LogP contribution in [0, 0.1) is 11.6 Å². The van der Waals surface area contributed by atoms with E-state index < -0.39 is 12.0 Å². The lowest BCUT2D eigenvalue weighted by atomic mass is 9.97. The number of hydrogen-bond acceptors (Lipinski definition) is 10. The van der Waals surface area contributed by atoms with Crippen molar-refractivity contribution in [3.63, 3.8) is 0 Å². The lowest BCUT2D eigenvalue weighted by Gasteiger charge is -2.39. The van der Waals surface area contributed by atoms with Crippen LogP contribution in [-0.4, -0.2) is 62.1 Å². The quantitative estimate of drug-likeness (QED) is 0.137. The zero-order valence-electron chi connectivity index (χ0n) is 33.1. The lowest BCUT2D eigenvalue weighted by Crippen LogP contribution is -2.55. The number of thiazole rings is 2. The van der Waals surface area contributed by atoms with Gasteiger partial charge in [-0.05, 0) is 94.8 Å². The Morgan fingerprint density at radius 1 is 0.683 bits per heavy atom. The van der Waals surface area contributed by atoms with Crippen molar-refractivity contribution in [3.05, 3.63) is 152 Å². The van der Waals surface area contributed by atoms with Gasteiger partial charge in [0, 0.05) is 59.5 Å². The Hall–Kier alpha value is -5.77. The smallest absolute Gasteiger partial charge is 0.326 e. The van der Waals surface area contributed by atoms with Gasteiger partial charge in [0.15, 0.2) is 0 Å². The molecular formula is C46H36Cl3F2N7O3S2. The molecule has 4 aromatic carbocycles. The van der Waals surface area contributed by atoms with Crippen LogP contribution in [-0.2, 0) is 22.4 Å². The van der Waals surface area contributed by atoms with Gasteiger partial charge in [0.25, 0.3) is 0 Å². The first-order valence-corrected chi connectivity index (χ1v) is 22.1. The summed E-state index contributed by atoms with van der Waals surface area (Å²) in [5.41, 5.74) is 15.3. The van der Waals surface area contributed by atoms with Gasteiger partial charge in [-0.15, -0.1) is 35.1 Å². The normalized spacial score (nSPS) is 15.6. The van der Waals surface area contributed by atoms with Crippen molar-refractivity contribution in [1.29, 1.82) is 0 Å². The van der Waals surface area contributed by atoms with Crippen LogP contribution in [0.15, 0.2) is 108 Å². The van der Waals surface area contributed by atoms with Crippen molar-refractivity contribution in [1.82, 2.24) is 19.9 Å². The van der Waals surface area contributed by atoms with Crippen molar-refractivity contribution in [3.8, 4) is 22.3 Å². The molecule has 320 valence electrons. The largest absolute Gasteiger partial charge is 0.480 e. The molecule has 2 saturated heterocycles. The number of carbonyl (C=O) groups excluding carboxylic acids is 1. The Balaban J connectivity index is 0.000000170. The molecule has 2 aliphatic rings.